The van der Waals surface area contributed by atoms with Crippen LogP contribution in [0.3, 0.4) is 0 Å². The minimum Gasteiger partial charge on any atom is -0.475 e. The van der Waals surface area contributed by atoms with Gasteiger partial charge in [0.2, 0.25) is 5.88 Å². The van der Waals surface area contributed by atoms with E-state index in [1.165, 1.54) is 10.4 Å². The maximum Gasteiger partial charge on any atom is 0.281 e. The van der Waals surface area contributed by atoms with Crippen LogP contribution in [0.2, 0.25) is 0 Å². The zero-order valence-electron chi connectivity index (χ0n) is 20.6. The molecule has 33 heavy (non-hydrogen) atoms. The van der Waals surface area contributed by atoms with Gasteiger partial charge in [-0.2, -0.15) is 14.8 Å². The molecule has 0 atom stereocenters. The Balaban J connectivity index is 2.05. The number of fused-ring (bicyclic) bond motifs is 1. The first kappa shape index (κ1) is 24.6. The monoisotopic (exact) mass is 453 g/mol. The lowest BCUT2D eigenvalue weighted by Gasteiger charge is -2.21. The molecule has 1 aromatic carbocycles. The Bertz CT molecular complexity index is 1100. The molecule has 0 amide bonds. The minimum atomic E-state index is -0.195. The van der Waals surface area contributed by atoms with Gasteiger partial charge in [-0.1, -0.05) is 13.3 Å². The number of methoxy groups -OCH3 is 1. The van der Waals surface area contributed by atoms with Crippen LogP contribution in [-0.4, -0.2) is 54.5 Å². The van der Waals surface area contributed by atoms with Crippen molar-refractivity contribution in [2.45, 2.75) is 53.9 Å². The summed E-state index contributed by atoms with van der Waals surface area (Å²) in [5.74, 6) is 0.764. The normalized spacial score (nSPS) is 13.9. The van der Waals surface area contributed by atoms with Gasteiger partial charge in [0.1, 0.15) is 12.3 Å². The highest BCUT2D eigenvalue weighted by Crippen LogP contribution is 2.27. The predicted octanol–water partition coefficient (Wildman–Crippen LogP) is 4.12. The Morgan fingerprint density at radius 1 is 1.12 bits per heavy atom. The lowest BCUT2D eigenvalue weighted by atomic mass is 10.1. The van der Waals surface area contributed by atoms with E-state index in [4.69, 9.17) is 19.5 Å². The Morgan fingerprint density at radius 2 is 1.88 bits per heavy atom. The van der Waals surface area contributed by atoms with Gasteiger partial charge in [0.05, 0.1) is 23.6 Å². The summed E-state index contributed by atoms with van der Waals surface area (Å²) in [4.78, 5) is 25.1. The molecule has 0 N–H and O–H groups in total. The van der Waals surface area contributed by atoms with Crippen molar-refractivity contribution in [2.24, 2.45) is 10.1 Å². The topological polar surface area (TPSA) is 81.3 Å². The molecule has 0 saturated carbocycles. The van der Waals surface area contributed by atoms with Crippen LogP contribution in [0, 0.1) is 6.92 Å². The molecule has 8 heteroatoms. The van der Waals surface area contributed by atoms with E-state index in [1.807, 2.05) is 19.9 Å². The Hall–Kier alpha value is -3.00. The number of aryl methyl sites for hydroxylation is 1. The third-order valence-electron chi connectivity index (χ3n) is 5.77. The van der Waals surface area contributed by atoms with Crippen LogP contribution >= 0.6 is 0 Å². The quantitative estimate of drug-likeness (QED) is 0.478. The van der Waals surface area contributed by atoms with E-state index in [-0.39, 0.29) is 5.56 Å². The number of ether oxygens (including phenoxy) is 2. The van der Waals surface area contributed by atoms with Crippen LogP contribution in [0.15, 0.2) is 33.1 Å². The van der Waals surface area contributed by atoms with Crippen LogP contribution in [0.1, 0.15) is 57.5 Å². The van der Waals surface area contributed by atoms with E-state index < -0.39 is 0 Å². The maximum absolute atomic E-state index is 13.3. The summed E-state index contributed by atoms with van der Waals surface area (Å²) in [7, 11) is 1.61. The van der Waals surface area contributed by atoms with Crippen LogP contribution in [-0.2, 0) is 11.2 Å². The van der Waals surface area contributed by atoms with Crippen molar-refractivity contribution in [2.75, 3.05) is 38.3 Å². The average molecular weight is 454 g/mol. The van der Waals surface area contributed by atoms with Crippen molar-refractivity contribution in [3.63, 3.8) is 0 Å². The van der Waals surface area contributed by atoms with Crippen molar-refractivity contribution < 1.29 is 9.47 Å². The molecule has 178 valence electrons. The number of aliphatic imine (C=N–C) groups is 1. The molecule has 0 spiro atoms. The fourth-order valence-electron chi connectivity index (χ4n) is 3.84. The highest BCUT2D eigenvalue weighted by atomic mass is 16.5. The second-order valence-corrected chi connectivity index (χ2v) is 8.07. The zero-order chi connectivity index (χ0) is 24.0. The van der Waals surface area contributed by atoms with Gasteiger partial charge in [0.25, 0.3) is 5.56 Å². The summed E-state index contributed by atoms with van der Waals surface area (Å²) in [6.45, 7) is 12.9. The van der Waals surface area contributed by atoms with Crippen LogP contribution in [0.25, 0.3) is 0 Å². The largest absolute Gasteiger partial charge is 0.475 e. The molecule has 0 saturated heterocycles. The fourth-order valence-corrected chi connectivity index (χ4v) is 3.84. The van der Waals surface area contributed by atoms with E-state index in [0.717, 1.165) is 37.2 Å². The number of benzene rings is 1. The van der Waals surface area contributed by atoms with Gasteiger partial charge in [-0.25, -0.2) is 4.99 Å². The molecular formula is C25H35N5O3. The molecule has 3 rings (SSSR count). The van der Waals surface area contributed by atoms with E-state index in [1.54, 1.807) is 7.11 Å². The molecule has 0 fully saturated rings. The van der Waals surface area contributed by atoms with Crippen molar-refractivity contribution >= 4 is 22.8 Å². The Labute approximate surface area is 196 Å². The van der Waals surface area contributed by atoms with Crippen LogP contribution < -0.4 is 15.2 Å². The third-order valence-corrected chi connectivity index (χ3v) is 5.77. The standard InChI is InChI=1S/C25H35N5O3/c1-7-10-11-20-24(33-15-14-32-6)27-23-22(18(5)28-30(23)25(20)31)26-21-13-12-19(16-17(21)4)29(8-2)9-3/h12-13,16H,7-11,14-15H2,1-6H3. The molecule has 2 aromatic rings. The second kappa shape index (κ2) is 11.2. The van der Waals surface area contributed by atoms with E-state index >= 15 is 0 Å². The predicted molar refractivity (Wildman–Crippen MR) is 134 cm³/mol. The van der Waals surface area contributed by atoms with Crippen molar-refractivity contribution in [3.8, 4) is 5.88 Å². The number of rotatable bonds is 11. The highest BCUT2D eigenvalue weighted by Gasteiger charge is 2.27. The van der Waals surface area contributed by atoms with Crippen molar-refractivity contribution in [1.29, 1.82) is 0 Å². The molecule has 0 unspecified atom stereocenters. The smallest absolute Gasteiger partial charge is 0.281 e. The first-order valence-electron chi connectivity index (χ1n) is 11.7. The summed E-state index contributed by atoms with van der Waals surface area (Å²) in [6, 6.07) is 6.23. The van der Waals surface area contributed by atoms with Crippen molar-refractivity contribution in [1.82, 2.24) is 9.66 Å². The minimum absolute atomic E-state index is 0.195. The molecule has 0 radical (unpaired) electrons. The van der Waals surface area contributed by atoms with E-state index in [2.05, 4.69) is 42.9 Å². The zero-order valence-corrected chi connectivity index (χ0v) is 20.6. The van der Waals surface area contributed by atoms with Gasteiger partial charge in [-0.05, 0) is 64.3 Å². The van der Waals surface area contributed by atoms with Crippen molar-refractivity contribution in [3.05, 3.63) is 45.5 Å². The first-order chi connectivity index (χ1) is 15.9. The van der Waals surface area contributed by atoms with Gasteiger partial charge in [0, 0.05) is 25.9 Å². The van der Waals surface area contributed by atoms with Gasteiger partial charge >= 0.3 is 0 Å². The lowest BCUT2D eigenvalue weighted by molar-refractivity contribution is 0.142. The second-order valence-electron chi connectivity index (χ2n) is 8.07. The Kier molecular flexibility index (Phi) is 8.38. The fraction of sp³-hybridized carbons (Fsp3) is 0.520. The molecule has 1 aliphatic rings. The maximum atomic E-state index is 13.3. The number of aromatic nitrogens is 2. The molecule has 0 aliphatic carbocycles. The molecular weight excluding hydrogens is 418 g/mol. The third kappa shape index (κ3) is 5.33. The average Bonchev–Trinajstić information content (AvgIpc) is 3.11. The van der Waals surface area contributed by atoms with Gasteiger partial charge in [-0.3, -0.25) is 4.79 Å². The lowest BCUT2D eigenvalue weighted by Crippen LogP contribution is -2.26. The number of unbranched alkanes of at least 4 members (excludes halogenated alkanes) is 1. The molecule has 1 aliphatic heterocycles. The SMILES string of the molecule is CCCCc1c(OCCOC)nc2n(c1=O)N=C(C)C2=Nc1ccc(N(CC)CC)cc1C. The summed E-state index contributed by atoms with van der Waals surface area (Å²) in [6.07, 6.45) is 2.44. The number of hydrogen-bond acceptors (Lipinski definition) is 7. The number of anilines is 1. The van der Waals surface area contributed by atoms with E-state index in [9.17, 15) is 4.79 Å². The van der Waals surface area contributed by atoms with E-state index in [0.29, 0.717) is 48.3 Å². The number of hydrogen-bond donors (Lipinski definition) is 0. The summed E-state index contributed by atoms with van der Waals surface area (Å²) in [5.41, 5.74) is 4.65. The molecule has 0 bridgehead atoms. The molecule has 2 heterocycles. The van der Waals surface area contributed by atoms with Gasteiger partial charge < -0.3 is 14.4 Å². The molecule has 8 nitrogen and oxygen atoms in total. The van der Waals surface area contributed by atoms with Gasteiger partial charge in [-0.15, -0.1) is 0 Å². The first-order valence-corrected chi connectivity index (χ1v) is 11.7. The molecule has 1 aromatic heterocycles. The number of nitrogens with zero attached hydrogens (tertiary/aromatic N) is 5. The summed E-state index contributed by atoms with van der Waals surface area (Å²) >= 11 is 0. The van der Waals surface area contributed by atoms with Crippen LogP contribution in [0.4, 0.5) is 11.4 Å². The highest BCUT2D eigenvalue weighted by molar-refractivity contribution is 6.48. The summed E-state index contributed by atoms with van der Waals surface area (Å²) in [5, 5.41) is 4.48. The van der Waals surface area contributed by atoms with Gasteiger partial charge in [0.15, 0.2) is 5.82 Å². The van der Waals surface area contributed by atoms with Crippen LogP contribution in [0.5, 0.6) is 5.88 Å². The summed E-state index contributed by atoms with van der Waals surface area (Å²) < 4.78 is 12.3. The Morgan fingerprint density at radius 3 is 2.52 bits per heavy atom.